The number of benzene rings is 1. The molecule has 0 fully saturated rings. The lowest BCUT2D eigenvalue weighted by molar-refractivity contribution is -0.274. The van der Waals surface area contributed by atoms with E-state index in [4.69, 9.17) is 14.2 Å². The minimum absolute atomic E-state index is 0.00603. The van der Waals surface area contributed by atoms with E-state index in [9.17, 15) is 36.2 Å². The van der Waals surface area contributed by atoms with Gasteiger partial charge < -0.3 is 24.1 Å². The Bertz CT molecular complexity index is 847. The van der Waals surface area contributed by atoms with Gasteiger partial charge in [-0.05, 0) is 25.1 Å². The quantitative estimate of drug-likeness (QED) is 0.335. The van der Waals surface area contributed by atoms with E-state index >= 15 is 0 Å². The molecule has 0 amide bonds. The van der Waals surface area contributed by atoms with Crippen LogP contribution in [0.15, 0.2) is 23.2 Å². The highest BCUT2D eigenvalue weighted by Gasteiger charge is 2.40. The highest BCUT2D eigenvalue weighted by Crippen LogP contribution is 2.37. The van der Waals surface area contributed by atoms with Gasteiger partial charge in [-0.3, -0.25) is 4.99 Å². The molecule has 0 aromatic heterocycles. The Kier molecular flexibility index (Phi) is 9.26. The van der Waals surface area contributed by atoms with Gasteiger partial charge in [0, 0.05) is 5.75 Å². The Morgan fingerprint density at radius 2 is 1.73 bits per heavy atom. The number of carboxylic acids is 1. The fourth-order valence-corrected chi connectivity index (χ4v) is 3.64. The van der Waals surface area contributed by atoms with Crippen LogP contribution >= 0.6 is 11.8 Å². The second kappa shape index (κ2) is 11.3. The molecule has 0 spiro atoms. The Balaban J connectivity index is 1.93. The van der Waals surface area contributed by atoms with Crippen LogP contribution < -0.4 is 9.47 Å². The first-order valence-electron chi connectivity index (χ1n) is 9.50. The number of carboxylic acid groups (broad SMARTS) is 1. The zero-order valence-corrected chi connectivity index (χ0v) is 18.1. The summed E-state index contributed by atoms with van der Waals surface area (Å²) in [7, 11) is 0. The maximum absolute atomic E-state index is 12.8. The normalized spacial score (nSPS) is 18.8. The fraction of sp³-hybridized carbons (Fsp3) is 0.579. The Hall–Kier alpha value is -2.19. The molecule has 1 aromatic carbocycles. The minimum Gasteiger partial charge on any atom is -0.491 e. The lowest BCUT2D eigenvalue weighted by Crippen LogP contribution is -2.33. The molecule has 2 rings (SSSR count). The number of aliphatic carboxylic acids is 1. The second-order valence-electron chi connectivity index (χ2n) is 6.93. The standard InChI is InChI=1S/C19H21F6NO6S/c1-17(16(27)28)11-33-15(26-17)13-10-12(2-3-14(13)32-19(23,24)25)31-9-8-30-7-6-29-5-4-18(20,21)22/h2-3,10H,4-9,11H2,1H3,(H,27,28)/t17-/m1/s1. The van der Waals surface area contributed by atoms with Crippen LogP contribution in [0.2, 0.25) is 0 Å². The van der Waals surface area contributed by atoms with E-state index in [1.165, 1.54) is 19.1 Å². The van der Waals surface area contributed by atoms with Crippen molar-refractivity contribution in [3.05, 3.63) is 23.8 Å². The summed E-state index contributed by atoms with van der Waals surface area (Å²) in [5.74, 6) is -1.57. The van der Waals surface area contributed by atoms with E-state index in [2.05, 4.69) is 9.73 Å². The van der Waals surface area contributed by atoms with Gasteiger partial charge in [0.05, 0.1) is 38.4 Å². The van der Waals surface area contributed by atoms with Crippen LogP contribution in [-0.2, 0) is 14.3 Å². The molecule has 0 bridgehead atoms. The van der Waals surface area contributed by atoms with Crippen LogP contribution in [0.1, 0.15) is 18.9 Å². The number of hydrogen-bond donors (Lipinski definition) is 1. The molecule has 1 aliphatic heterocycles. The summed E-state index contributed by atoms with van der Waals surface area (Å²) >= 11 is 0.980. The smallest absolute Gasteiger partial charge is 0.491 e. The van der Waals surface area contributed by atoms with E-state index < -0.39 is 42.8 Å². The number of thioether (sulfide) groups is 1. The predicted octanol–water partition coefficient (Wildman–Crippen LogP) is 4.29. The molecule has 33 heavy (non-hydrogen) atoms. The average Bonchev–Trinajstić information content (AvgIpc) is 3.09. The van der Waals surface area contributed by atoms with Gasteiger partial charge >= 0.3 is 18.5 Å². The second-order valence-corrected chi connectivity index (χ2v) is 7.89. The molecule has 0 unspecified atom stereocenters. The lowest BCUT2D eigenvalue weighted by atomic mass is 10.1. The third kappa shape index (κ3) is 9.29. The molecule has 1 aliphatic rings. The van der Waals surface area contributed by atoms with Gasteiger partial charge in [0.2, 0.25) is 0 Å². The Labute approximate surface area is 189 Å². The van der Waals surface area contributed by atoms with E-state index in [1.54, 1.807) is 0 Å². The summed E-state index contributed by atoms with van der Waals surface area (Å²) in [4.78, 5) is 15.4. The molecular formula is C19H21F6NO6S. The molecule has 14 heteroatoms. The SMILES string of the molecule is C[C@]1(C(=O)O)CSC(c2cc(OCCOCCOCCC(F)(F)F)ccc2OC(F)(F)F)=N1. The monoisotopic (exact) mass is 505 g/mol. The first-order valence-corrected chi connectivity index (χ1v) is 10.5. The zero-order chi connectivity index (χ0) is 24.7. The zero-order valence-electron chi connectivity index (χ0n) is 17.3. The van der Waals surface area contributed by atoms with Crippen LogP contribution in [-0.4, -0.2) is 73.0 Å². The number of alkyl halides is 6. The highest BCUT2D eigenvalue weighted by atomic mass is 32.2. The third-order valence-electron chi connectivity index (χ3n) is 4.10. The number of carbonyl (C=O) groups is 1. The van der Waals surface area contributed by atoms with Crippen molar-refractivity contribution in [1.82, 2.24) is 0 Å². The number of ether oxygens (including phenoxy) is 4. The van der Waals surface area contributed by atoms with Crippen LogP contribution in [0, 0.1) is 0 Å². The van der Waals surface area contributed by atoms with E-state index in [0.29, 0.717) is 0 Å². The van der Waals surface area contributed by atoms with Gasteiger partial charge in [0.1, 0.15) is 23.1 Å². The van der Waals surface area contributed by atoms with Crippen molar-refractivity contribution in [2.45, 2.75) is 31.4 Å². The van der Waals surface area contributed by atoms with Crippen molar-refractivity contribution in [2.24, 2.45) is 4.99 Å². The largest absolute Gasteiger partial charge is 0.573 e. The maximum atomic E-state index is 12.8. The van der Waals surface area contributed by atoms with Crippen LogP contribution in [0.4, 0.5) is 26.3 Å². The van der Waals surface area contributed by atoms with Gasteiger partial charge in [-0.1, -0.05) is 0 Å². The Morgan fingerprint density at radius 1 is 1.09 bits per heavy atom. The van der Waals surface area contributed by atoms with Crippen molar-refractivity contribution in [3.63, 3.8) is 0 Å². The average molecular weight is 505 g/mol. The van der Waals surface area contributed by atoms with Gasteiger partial charge in [-0.25, -0.2) is 4.79 Å². The number of rotatable bonds is 12. The summed E-state index contributed by atoms with van der Waals surface area (Å²) in [5.41, 5.74) is -1.55. The number of hydrogen-bond acceptors (Lipinski definition) is 7. The molecule has 0 aliphatic carbocycles. The van der Waals surface area contributed by atoms with Gasteiger partial charge in [0.25, 0.3) is 0 Å². The van der Waals surface area contributed by atoms with Crippen LogP contribution in [0.25, 0.3) is 0 Å². The van der Waals surface area contributed by atoms with Crippen LogP contribution in [0.5, 0.6) is 11.5 Å². The molecule has 0 radical (unpaired) electrons. The van der Waals surface area contributed by atoms with Gasteiger partial charge in [0.15, 0.2) is 5.54 Å². The lowest BCUT2D eigenvalue weighted by Gasteiger charge is -2.15. The summed E-state index contributed by atoms with van der Waals surface area (Å²) in [6, 6.07) is 3.52. The topological polar surface area (TPSA) is 86.6 Å². The van der Waals surface area contributed by atoms with Crippen molar-refractivity contribution < 1.29 is 55.2 Å². The van der Waals surface area contributed by atoms with Crippen molar-refractivity contribution >= 4 is 22.8 Å². The number of nitrogens with zero attached hydrogens (tertiary/aromatic N) is 1. The van der Waals surface area contributed by atoms with Crippen molar-refractivity contribution in [1.29, 1.82) is 0 Å². The molecule has 0 saturated heterocycles. The number of halogens is 6. The fourth-order valence-electron chi connectivity index (χ4n) is 2.45. The maximum Gasteiger partial charge on any atom is 0.573 e. The summed E-state index contributed by atoms with van der Waals surface area (Å²) < 4.78 is 93.6. The summed E-state index contributed by atoms with van der Waals surface area (Å²) in [6.07, 6.45) is -10.3. The third-order valence-corrected chi connectivity index (χ3v) is 5.40. The molecule has 0 saturated carbocycles. The molecule has 1 atom stereocenters. The molecule has 1 N–H and O–H groups in total. The minimum atomic E-state index is -4.97. The summed E-state index contributed by atoms with van der Waals surface area (Å²) in [5, 5.41) is 9.36. The molecule has 1 aromatic rings. The van der Waals surface area contributed by atoms with E-state index in [-0.39, 0.29) is 48.5 Å². The Morgan fingerprint density at radius 3 is 2.30 bits per heavy atom. The van der Waals surface area contributed by atoms with Crippen LogP contribution in [0.3, 0.4) is 0 Å². The van der Waals surface area contributed by atoms with E-state index in [1.807, 2.05) is 0 Å². The highest BCUT2D eigenvalue weighted by molar-refractivity contribution is 8.14. The first-order chi connectivity index (χ1) is 15.3. The van der Waals surface area contributed by atoms with Crippen molar-refractivity contribution in [3.8, 4) is 11.5 Å². The predicted molar refractivity (Wildman–Crippen MR) is 106 cm³/mol. The van der Waals surface area contributed by atoms with E-state index in [0.717, 1.165) is 17.8 Å². The number of aliphatic imine (C=N–C) groups is 1. The summed E-state index contributed by atoms with van der Waals surface area (Å²) in [6.45, 7) is 0.917. The van der Waals surface area contributed by atoms with Gasteiger partial charge in [-0.15, -0.1) is 24.9 Å². The van der Waals surface area contributed by atoms with Gasteiger partial charge in [-0.2, -0.15) is 13.2 Å². The molecular weight excluding hydrogens is 484 g/mol. The molecule has 186 valence electrons. The molecule has 1 heterocycles. The first kappa shape index (κ1) is 27.1. The van der Waals surface area contributed by atoms with Crippen molar-refractivity contribution in [2.75, 3.05) is 38.8 Å². The molecule has 7 nitrogen and oxygen atoms in total.